The lowest BCUT2D eigenvalue weighted by Crippen LogP contribution is -2.42. The van der Waals surface area contributed by atoms with Crippen LogP contribution in [0.5, 0.6) is 0 Å². The summed E-state index contributed by atoms with van der Waals surface area (Å²) in [6.07, 6.45) is 8.01. The van der Waals surface area contributed by atoms with Gasteiger partial charge in [0, 0.05) is 55.5 Å². The molecule has 0 saturated heterocycles. The van der Waals surface area contributed by atoms with Crippen LogP contribution in [0.15, 0.2) is 55.5 Å². The number of aliphatic carboxylic acids is 3. The van der Waals surface area contributed by atoms with Crippen molar-refractivity contribution in [3.05, 3.63) is 71.8 Å². The number of halogens is 1. The largest absolute Gasteiger partial charge is 0.481 e. The highest BCUT2D eigenvalue weighted by Gasteiger charge is 2.40. The summed E-state index contributed by atoms with van der Waals surface area (Å²) >= 11 is 6.31. The number of carboxylic acids is 3. The molecule has 5 N–H and O–H groups in total. The lowest BCUT2D eigenvalue weighted by molar-refractivity contribution is -0.170. The molecule has 2 heterocycles. The minimum absolute atomic E-state index is 0.816. The molecule has 13 heteroatoms. The van der Waals surface area contributed by atoms with Crippen molar-refractivity contribution in [2.45, 2.75) is 44.5 Å². The van der Waals surface area contributed by atoms with Crippen LogP contribution in [0.3, 0.4) is 0 Å². The van der Waals surface area contributed by atoms with Crippen LogP contribution in [0, 0.1) is 0 Å². The molecule has 3 aromatic rings. The van der Waals surface area contributed by atoms with E-state index in [-0.39, 0.29) is 0 Å². The molecule has 3 rings (SSSR count). The second-order valence-electron chi connectivity index (χ2n) is 8.01. The van der Waals surface area contributed by atoms with Gasteiger partial charge >= 0.3 is 17.9 Å². The highest BCUT2D eigenvalue weighted by atomic mass is 35.5. The summed E-state index contributed by atoms with van der Waals surface area (Å²) in [6.45, 7) is 3.59. The maximum Gasteiger partial charge on any atom is 0.336 e. The van der Waals surface area contributed by atoms with Gasteiger partial charge in [0.05, 0.1) is 25.5 Å². The van der Waals surface area contributed by atoms with Gasteiger partial charge in [-0.25, -0.2) is 14.8 Å². The predicted molar refractivity (Wildman–Crippen MR) is 128 cm³/mol. The fraction of sp³-hybridized carbons (Fsp3) is 0.348. The summed E-state index contributed by atoms with van der Waals surface area (Å²) in [7, 11) is 0. The average Bonchev–Trinajstić information content (AvgIpc) is 3.49. The third-order valence-corrected chi connectivity index (χ3v) is 5.40. The van der Waals surface area contributed by atoms with Crippen molar-refractivity contribution in [3.8, 4) is 0 Å². The van der Waals surface area contributed by atoms with Crippen LogP contribution >= 0.6 is 11.6 Å². The molecule has 2 aromatic heterocycles. The smallest absolute Gasteiger partial charge is 0.336 e. The Balaban J connectivity index is 0.000000302. The molecule has 0 bridgehead atoms. The molecule has 0 aliphatic heterocycles. The van der Waals surface area contributed by atoms with Gasteiger partial charge in [0.2, 0.25) is 0 Å². The van der Waals surface area contributed by atoms with Crippen molar-refractivity contribution in [1.29, 1.82) is 0 Å². The number of carboxylic acid groups (broad SMARTS) is 3. The van der Waals surface area contributed by atoms with Crippen LogP contribution in [0.4, 0.5) is 0 Å². The standard InChI is InChI=1S/C17H20ClN5.C6H8O7/c18-17-5-2-1-4-15(17)11-23(12-16-10-20-13-21-16)8-3-7-22-9-6-19-14-22;7-3(8)1-6(13,5(11)12)2-4(9)10/h1-2,4-6,9-10,13-14H,3,7-8,11-12H2,(H,20,21);13H,1-2H2,(H,7,8)(H,9,10)(H,11,12). The minimum atomic E-state index is -2.74. The predicted octanol–water partition coefficient (Wildman–Crippen LogP) is 2.10. The number of H-pyrrole nitrogens is 1. The number of aromatic amines is 1. The number of carbonyl (C=O) groups is 3. The number of hydrogen-bond donors (Lipinski definition) is 5. The van der Waals surface area contributed by atoms with E-state index < -0.39 is 36.4 Å². The maximum atomic E-state index is 10.3. The number of imidazole rings is 2. The van der Waals surface area contributed by atoms with Crippen LogP contribution < -0.4 is 0 Å². The zero-order valence-corrected chi connectivity index (χ0v) is 20.1. The number of aryl methyl sites for hydroxylation is 1. The van der Waals surface area contributed by atoms with Gasteiger partial charge in [0.1, 0.15) is 0 Å². The van der Waals surface area contributed by atoms with Gasteiger partial charge in [-0.05, 0) is 18.1 Å². The van der Waals surface area contributed by atoms with E-state index in [1.54, 1.807) is 6.33 Å². The molecule has 1 aromatic carbocycles. The molecule has 0 radical (unpaired) electrons. The molecule has 194 valence electrons. The number of rotatable bonds is 13. The molecule has 0 aliphatic carbocycles. The third-order valence-electron chi connectivity index (χ3n) is 5.04. The fourth-order valence-electron chi connectivity index (χ4n) is 3.30. The Kier molecular flexibility index (Phi) is 11.1. The van der Waals surface area contributed by atoms with Crippen LogP contribution in [0.2, 0.25) is 5.02 Å². The highest BCUT2D eigenvalue weighted by molar-refractivity contribution is 6.31. The zero-order valence-electron chi connectivity index (χ0n) is 19.3. The summed E-state index contributed by atoms with van der Waals surface area (Å²) in [6, 6.07) is 8.01. The SMILES string of the molecule is Clc1ccccc1CN(CCCn1ccnc1)Cc1cnc[nH]1.O=C(O)CC(O)(CC(=O)O)C(=O)O. The van der Waals surface area contributed by atoms with Crippen molar-refractivity contribution >= 4 is 29.5 Å². The third kappa shape index (κ3) is 9.86. The molecule has 0 spiro atoms. The minimum Gasteiger partial charge on any atom is -0.481 e. The number of benzene rings is 1. The second kappa shape index (κ2) is 14.0. The van der Waals surface area contributed by atoms with E-state index in [1.165, 1.54) is 0 Å². The first kappa shape index (κ1) is 28.5. The zero-order chi connectivity index (χ0) is 26.6. The monoisotopic (exact) mass is 521 g/mol. The van der Waals surface area contributed by atoms with E-state index in [2.05, 4.69) is 30.5 Å². The second-order valence-corrected chi connectivity index (χ2v) is 8.42. The Hall–Kier alpha value is -3.74. The van der Waals surface area contributed by atoms with E-state index in [0.717, 1.165) is 48.9 Å². The van der Waals surface area contributed by atoms with Gasteiger partial charge in [-0.3, -0.25) is 14.5 Å². The topological polar surface area (TPSA) is 182 Å². The molecule has 0 aliphatic rings. The van der Waals surface area contributed by atoms with Gasteiger partial charge in [-0.15, -0.1) is 0 Å². The summed E-state index contributed by atoms with van der Waals surface area (Å²) in [5, 5.41) is 34.6. The van der Waals surface area contributed by atoms with Gasteiger partial charge < -0.3 is 30.0 Å². The van der Waals surface area contributed by atoms with Crippen LogP contribution in [0.1, 0.15) is 30.5 Å². The van der Waals surface area contributed by atoms with E-state index in [0.29, 0.717) is 0 Å². The number of aromatic nitrogens is 4. The molecule has 36 heavy (non-hydrogen) atoms. The van der Waals surface area contributed by atoms with Crippen LogP contribution in [-0.2, 0) is 34.0 Å². The number of aliphatic hydroxyl groups is 1. The van der Waals surface area contributed by atoms with Crippen molar-refractivity contribution in [2.24, 2.45) is 0 Å². The van der Waals surface area contributed by atoms with Crippen molar-refractivity contribution < 1.29 is 34.8 Å². The molecule has 0 saturated carbocycles. The Morgan fingerprint density at radius 2 is 1.75 bits per heavy atom. The van der Waals surface area contributed by atoms with Gasteiger partial charge in [-0.1, -0.05) is 29.8 Å². The van der Waals surface area contributed by atoms with Crippen LogP contribution in [0.25, 0.3) is 0 Å². The molecule has 0 unspecified atom stereocenters. The first-order valence-corrected chi connectivity index (χ1v) is 11.2. The number of hydrogen-bond acceptors (Lipinski definition) is 7. The first-order valence-electron chi connectivity index (χ1n) is 10.9. The summed E-state index contributed by atoms with van der Waals surface area (Å²) in [5.74, 6) is -5.02. The van der Waals surface area contributed by atoms with Crippen molar-refractivity contribution in [3.63, 3.8) is 0 Å². The summed E-state index contributed by atoms with van der Waals surface area (Å²) < 4.78 is 2.10. The van der Waals surface area contributed by atoms with Gasteiger partial charge in [0.25, 0.3) is 0 Å². The number of nitrogens with one attached hydrogen (secondary N) is 1. The van der Waals surface area contributed by atoms with E-state index in [1.807, 2.05) is 43.1 Å². The molecule has 0 atom stereocenters. The van der Waals surface area contributed by atoms with E-state index in [9.17, 15) is 14.4 Å². The summed E-state index contributed by atoms with van der Waals surface area (Å²) in [5.41, 5.74) is -0.478. The number of nitrogens with zero attached hydrogens (tertiary/aromatic N) is 4. The van der Waals surface area contributed by atoms with Crippen molar-refractivity contribution in [1.82, 2.24) is 24.4 Å². The average molecular weight is 522 g/mol. The molecular weight excluding hydrogens is 494 g/mol. The quantitative estimate of drug-likeness (QED) is 0.223. The van der Waals surface area contributed by atoms with Gasteiger partial charge in [0.15, 0.2) is 5.60 Å². The Morgan fingerprint density at radius 3 is 2.28 bits per heavy atom. The summed E-state index contributed by atoms with van der Waals surface area (Å²) in [4.78, 5) is 44.2. The highest BCUT2D eigenvalue weighted by Crippen LogP contribution is 2.18. The Bertz CT molecular complexity index is 1090. The lowest BCUT2D eigenvalue weighted by Gasteiger charge is -2.22. The molecule has 0 fully saturated rings. The van der Waals surface area contributed by atoms with Crippen molar-refractivity contribution in [2.75, 3.05) is 6.54 Å². The van der Waals surface area contributed by atoms with E-state index >= 15 is 0 Å². The first-order chi connectivity index (χ1) is 17.1. The molecule has 12 nitrogen and oxygen atoms in total. The molecule has 0 amide bonds. The van der Waals surface area contributed by atoms with Crippen LogP contribution in [-0.4, -0.2) is 74.9 Å². The maximum absolute atomic E-state index is 10.3. The van der Waals surface area contributed by atoms with E-state index in [4.69, 9.17) is 32.0 Å². The Morgan fingerprint density at radius 1 is 1.06 bits per heavy atom. The lowest BCUT2D eigenvalue weighted by atomic mass is 9.96. The molecular formula is C23H28ClN5O7. The Labute approximate surface area is 211 Å². The van der Waals surface area contributed by atoms with Gasteiger partial charge in [-0.2, -0.15) is 0 Å². The normalized spacial score (nSPS) is 11.1. The fourth-order valence-corrected chi connectivity index (χ4v) is 3.50.